The predicted molar refractivity (Wildman–Crippen MR) is 93.9 cm³/mol. The third kappa shape index (κ3) is 4.71. The number of carbonyl (C=O) groups excluding carboxylic acids is 2. The van der Waals surface area contributed by atoms with Gasteiger partial charge in [0.05, 0.1) is 11.2 Å². The van der Waals surface area contributed by atoms with E-state index >= 15 is 0 Å². The molecule has 0 aliphatic carbocycles. The highest BCUT2D eigenvalue weighted by Gasteiger charge is 2.07. The molecule has 0 fully saturated rings. The Morgan fingerprint density at radius 3 is 2.46 bits per heavy atom. The Morgan fingerprint density at radius 1 is 1.17 bits per heavy atom. The Kier molecular flexibility index (Phi) is 5.78. The Morgan fingerprint density at radius 2 is 1.83 bits per heavy atom. The number of halogens is 2. The van der Waals surface area contributed by atoms with Gasteiger partial charge in [-0.2, -0.15) is 5.10 Å². The maximum Gasteiger partial charge on any atom is 0.271 e. The Labute approximate surface area is 148 Å². The first-order chi connectivity index (χ1) is 11.4. The van der Waals surface area contributed by atoms with E-state index in [2.05, 4.69) is 15.8 Å². The number of benzene rings is 2. The fourth-order valence-electron chi connectivity index (χ4n) is 1.82. The molecule has 2 aromatic rings. The van der Waals surface area contributed by atoms with Crippen LogP contribution in [0.25, 0.3) is 0 Å². The van der Waals surface area contributed by atoms with Gasteiger partial charge < -0.3 is 10.4 Å². The quantitative estimate of drug-likeness (QED) is 0.572. The minimum Gasteiger partial charge on any atom is -0.506 e. The van der Waals surface area contributed by atoms with E-state index in [1.165, 1.54) is 25.3 Å². The molecule has 0 aliphatic heterocycles. The first-order valence-corrected chi connectivity index (χ1v) is 7.51. The van der Waals surface area contributed by atoms with Gasteiger partial charge in [-0.1, -0.05) is 23.2 Å². The first-order valence-electron chi connectivity index (χ1n) is 6.76. The van der Waals surface area contributed by atoms with E-state index in [1.54, 1.807) is 24.3 Å². The molecule has 2 amide bonds. The number of aromatic hydroxyl groups is 1. The number of hydrazone groups is 1. The van der Waals surface area contributed by atoms with E-state index < -0.39 is 5.91 Å². The molecule has 0 heterocycles. The molecule has 0 spiro atoms. The lowest BCUT2D eigenvalue weighted by molar-refractivity contribution is -0.114. The molecule has 8 heteroatoms. The van der Waals surface area contributed by atoms with Gasteiger partial charge in [-0.05, 0) is 36.4 Å². The second-order valence-electron chi connectivity index (χ2n) is 4.78. The molecule has 24 heavy (non-hydrogen) atoms. The van der Waals surface area contributed by atoms with E-state index in [4.69, 9.17) is 23.2 Å². The van der Waals surface area contributed by atoms with Crippen molar-refractivity contribution in [3.05, 3.63) is 57.6 Å². The average molecular weight is 366 g/mol. The van der Waals surface area contributed by atoms with Crippen molar-refractivity contribution in [2.45, 2.75) is 6.92 Å². The van der Waals surface area contributed by atoms with Crippen molar-refractivity contribution < 1.29 is 14.7 Å². The van der Waals surface area contributed by atoms with Crippen LogP contribution in [0.3, 0.4) is 0 Å². The third-order valence-electron chi connectivity index (χ3n) is 2.89. The van der Waals surface area contributed by atoms with Crippen LogP contribution in [0.2, 0.25) is 10.0 Å². The monoisotopic (exact) mass is 365 g/mol. The summed E-state index contributed by atoms with van der Waals surface area (Å²) in [4.78, 5) is 22.9. The molecule has 0 radical (unpaired) electrons. The fraction of sp³-hybridized carbons (Fsp3) is 0.0625. The van der Waals surface area contributed by atoms with Gasteiger partial charge in [0.1, 0.15) is 5.75 Å². The zero-order valence-corrected chi connectivity index (χ0v) is 14.0. The van der Waals surface area contributed by atoms with Crippen molar-refractivity contribution in [2.24, 2.45) is 5.10 Å². The van der Waals surface area contributed by atoms with Crippen LogP contribution in [0.15, 0.2) is 41.5 Å². The summed E-state index contributed by atoms with van der Waals surface area (Å²) < 4.78 is 0. The van der Waals surface area contributed by atoms with Crippen molar-refractivity contribution >= 4 is 46.9 Å². The van der Waals surface area contributed by atoms with Crippen LogP contribution in [0.5, 0.6) is 5.75 Å². The number of hydrogen-bond acceptors (Lipinski definition) is 4. The van der Waals surface area contributed by atoms with Crippen LogP contribution in [-0.2, 0) is 4.79 Å². The summed E-state index contributed by atoms with van der Waals surface area (Å²) in [6.07, 6.45) is 1.23. The third-order valence-corrected chi connectivity index (χ3v) is 3.40. The molecule has 124 valence electrons. The van der Waals surface area contributed by atoms with Crippen LogP contribution in [-0.4, -0.2) is 23.1 Å². The second kappa shape index (κ2) is 7.81. The largest absolute Gasteiger partial charge is 0.506 e. The molecule has 0 saturated carbocycles. The minimum absolute atomic E-state index is 0.0869. The van der Waals surface area contributed by atoms with E-state index in [0.29, 0.717) is 16.3 Å². The number of carbonyl (C=O) groups is 2. The number of anilines is 1. The van der Waals surface area contributed by atoms with Gasteiger partial charge in [0.25, 0.3) is 5.91 Å². The normalized spacial score (nSPS) is 10.6. The molecule has 0 aliphatic rings. The number of nitrogens with one attached hydrogen (secondary N) is 2. The zero-order valence-electron chi connectivity index (χ0n) is 12.5. The summed E-state index contributed by atoms with van der Waals surface area (Å²) in [6.45, 7) is 1.40. The molecule has 0 aromatic heterocycles. The molecular weight excluding hydrogens is 353 g/mol. The van der Waals surface area contributed by atoms with E-state index in [9.17, 15) is 14.7 Å². The van der Waals surface area contributed by atoms with Gasteiger partial charge in [-0.3, -0.25) is 9.59 Å². The first kappa shape index (κ1) is 17.8. The standard InChI is InChI=1S/C16H13Cl2N3O3/c1-9(22)20-13-4-2-10(3-5-13)16(24)21-19-8-11-6-12(17)7-14(18)15(11)23/h2-8,23H,1H3,(H,20,22)(H,21,24)/b19-8-. The van der Waals surface area contributed by atoms with Crippen molar-refractivity contribution in [3.8, 4) is 5.75 Å². The number of rotatable bonds is 4. The van der Waals surface area contributed by atoms with Gasteiger partial charge >= 0.3 is 0 Å². The van der Waals surface area contributed by atoms with E-state index in [1.807, 2.05) is 0 Å². The Hall–Kier alpha value is -2.57. The molecule has 0 atom stereocenters. The van der Waals surface area contributed by atoms with E-state index in [0.717, 1.165) is 0 Å². The molecule has 2 rings (SSSR count). The van der Waals surface area contributed by atoms with Gasteiger partial charge in [-0.25, -0.2) is 5.43 Å². The minimum atomic E-state index is -0.451. The maximum absolute atomic E-state index is 12.0. The van der Waals surface area contributed by atoms with Gasteiger partial charge in [0.2, 0.25) is 5.91 Å². The average Bonchev–Trinajstić information content (AvgIpc) is 2.52. The summed E-state index contributed by atoms with van der Waals surface area (Å²) in [5.74, 6) is -0.830. The second-order valence-corrected chi connectivity index (χ2v) is 5.63. The molecule has 2 aromatic carbocycles. The predicted octanol–water partition coefficient (Wildman–Crippen LogP) is 3.42. The molecule has 0 bridgehead atoms. The Bertz CT molecular complexity index is 805. The van der Waals surface area contributed by atoms with Crippen molar-refractivity contribution in [2.75, 3.05) is 5.32 Å². The highest BCUT2D eigenvalue weighted by atomic mass is 35.5. The number of phenols is 1. The number of nitrogens with zero attached hydrogens (tertiary/aromatic N) is 1. The van der Waals surface area contributed by atoms with Gasteiger partial charge in [-0.15, -0.1) is 0 Å². The Balaban J connectivity index is 2.04. The van der Waals surface area contributed by atoms with Crippen LogP contribution >= 0.6 is 23.2 Å². The van der Waals surface area contributed by atoms with Crippen LogP contribution < -0.4 is 10.7 Å². The smallest absolute Gasteiger partial charge is 0.271 e. The number of hydrogen-bond donors (Lipinski definition) is 3. The van der Waals surface area contributed by atoms with Gasteiger partial charge in [0.15, 0.2) is 0 Å². The topological polar surface area (TPSA) is 90.8 Å². The van der Waals surface area contributed by atoms with Gasteiger partial charge in [0, 0.05) is 28.8 Å². The summed E-state index contributed by atoms with van der Waals surface area (Å²) in [5.41, 5.74) is 3.53. The molecule has 0 saturated heterocycles. The van der Waals surface area contributed by atoms with Crippen LogP contribution in [0, 0.1) is 0 Å². The van der Waals surface area contributed by atoms with Crippen molar-refractivity contribution in [1.82, 2.24) is 5.43 Å². The SMILES string of the molecule is CC(=O)Nc1ccc(C(=O)N/N=C\c2cc(Cl)cc(Cl)c2O)cc1. The lowest BCUT2D eigenvalue weighted by Crippen LogP contribution is -2.17. The van der Waals surface area contributed by atoms with Crippen molar-refractivity contribution in [3.63, 3.8) is 0 Å². The summed E-state index contributed by atoms with van der Waals surface area (Å²) in [6, 6.07) is 9.14. The highest BCUT2D eigenvalue weighted by Crippen LogP contribution is 2.29. The molecule has 0 unspecified atom stereocenters. The lowest BCUT2D eigenvalue weighted by atomic mass is 10.2. The van der Waals surface area contributed by atoms with Crippen molar-refractivity contribution in [1.29, 1.82) is 0 Å². The lowest BCUT2D eigenvalue weighted by Gasteiger charge is -2.04. The van der Waals surface area contributed by atoms with Crippen LogP contribution in [0.1, 0.15) is 22.8 Å². The molecule has 3 N–H and O–H groups in total. The molecular formula is C16H13Cl2N3O3. The summed E-state index contributed by atoms with van der Waals surface area (Å²) >= 11 is 11.6. The summed E-state index contributed by atoms with van der Waals surface area (Å²) in [5, 5.41) is 16.6. The fourth-order valence-corrected chi connectivity index (χ4v) is 2.33. The van der Waals surface area contributed by atoms with E-state index in [-0.39, 0.29) is 22.2 Å². The maximum atomic E-state index is 12.0. The zero-order chi connectivity index (χ0) is 17.7. The summed E-state index contributed by atoms with van der Waals surface area (Å²) in [7, 11) is 0. The number of amides is 2. The molecule has 6 nitrogen and oxygen atoms in total. The number of phenolic OH excluding ortho intramolecular Hbond substituents is 1. The highest BCUT2D eigenvalue weighted by molar-refractivity contribution is 6.36. The van der Waals surface area contributed by atoms with Crippen LogP contribution in [0.4, 0.5) is 5.69 Å².